The number of amides is 1. The number of hydrazine groups is 1. The van der Waals surface area contributed by atoms with Crippen molar-refractivity contribution in [2.24, 2.45) is 0 Å². The fourth-order valence-electron chi connectivity index (χ4n) is 3.61. The van der Waals surface area contributed by atoms with E-state index in [-0.39, 0.29) is 16.8 Å². The Morgan fingerprint density at radius 1 is 0.970 bits per heavy atom. The van der Waals surface area contributed by atoms with Crippen molar-refractivity contribution in [1.29, 1.82) is 0 Å². The Bertz CT molecular complexity index is 1200. The number of ether oxygens (including phenoxy) is 2. The van der Waals surface area contributed by atoms with Crippen LogP contribution in [0.1, 0.15) is 27.0 Å². The van der Waals surface area contributed by atoms with E-state index in [1.165, 1.54) is 30.3 Å². The minimum atomic E-state index is -4.55. The maximum Gasteiger partial charge on any atom is 0.416 e. The van der Waals surface area contributed by atoms with Gasteiger partial charge in [0.15, 0.2) is 0 Å². The number of fused-ring (bicyclic) bond motifs is 1. The quantitative estimate of drug-likeness (QED) is 0.534. The molecule has 33 heavy (non-hydrogen) atoms. The normalized spacial score (nSPS) is 14.4. The molecular weight excluding hydrogens is 435 g/mol. The number of methoxy groups -OCH3 is 2. The lowest BCUT2D eigenvalue weighted by atomic mass is 10.0. The largest absolute Gasteiger partial charge is 0.497 e. The molecule has 1 aliphatic heterocycles. The second-order valence-corrected chi connectivity index (χ2v) is 7.26. The van der Waals surface area contributed by atoms with Crippen LogP contribution in [0.4, 0.5) is 19.0 Å². The number of alkyl halides is 3. The molecule has 9 heteroatoms. The highest BCUT2D eigenvalue weighted by Gasteiger charge is 2.39. The summed E-state index contributed by atoms with van der Waals surface area (Å²) >= 11 is 0. The van der Waals surface area contributed by atoms with E-state index < -0.39 is 17.6 Å². The van der Waals surface area contributed by atoms with E-state index in [4.69, 9.17) is 9.47 Å². The highest BCUT2D eigenvalue weighted by molar-refractivity contribution is 6.12. The fraction of sp³-hybridized carbons (Fsp3) is 0.167. The van der Waals surface area contributed by atoms with Gasteiger partial charge < -0.3 is 9.47 Å². The van der Waals surface area contributed by atoms with Crippen LogP contribution < -0.4 is 14.5 Å². The van der Waals surface area contributed by atoms with E-state index >= 15 is 0 Å². The number of anilines is 1. The first-order valence-electron chi connectivity index (χ1n) is 9.88. The smallest absolute Gasteiger partial charge is 0.416 e. The van der Waals surface area contributed by atoms with Crippen molar-refractivity contribution in [2.75, 3.05) is 26.3 Å². The molecule has 0 unspecified atom stereocenters. The van der Waals surface area contributed by atoms with Gasteiger partial charge in [-0.2, -0.15) is 13.2 Å². The van der Waals surface area contributed by atoms with Crippen molar-refractivity contribution in [3.8, 4) is 11.5 Å². The second kappa shape index (κ2) is 8.50. The number of halogens is 3. The summed E-state index contributed by atoms with van der Waals surface area (Å²) in [5.74, 6) is 0.982. The molecule has 0 saturated carbocycles. The highest BCUT2D eigenvalue weighted by Crippen LogP contribution is 2.40. The monoisotopic (exact) mass is 455 g/mol. The highest BCUT2D eigenvalue weighted by atomic mass is 19.4. The van der Waals surface area contributed by atoms with Crippen molar-refractivity contribution in [3.63, 3.8) is 0 Å². The van der Waals surface area contributed by atoms with Crippen molar-refractivity contribution >= 4 is 23.5 Å². The number of nitrogens with zero attached hydrogens (tertiary/aromatic N) is 3. The molecule has 0 N–H and O–H groups in total. The van der Waals surface area contributed by atoms with Crippen LogP contribution in [0.3, 0.4) is 0 Å². The van der Waals surface area contributed by atoms with E-state index in [1.54, 1.807) is 55.7 Å². The Morgan fingerprint density at radius 2 is 1.67 bits per heavy atom. The van der Waals surface area contributed by atoms with Crippen LogP contribution >= 0.6 is 0 Å². The lowest BCUT2D eigenvalue weighted by molar-refractivity contribution is -0.137. The van der Waals surface area contributed by atoms with Gasteiger partial charge in [-0.15, -0.1) is 0 Å². The zero-order valence-corrected chi connectivity index (χ0v) is 18.1. The van der Waals surface area contributed by atoms with Crippen LogP contribution in [0.2, 0.25) is 0 Å². The molecule has 2 aromatic carbocycles. The number of hydrogen-bond acceptors (Lipinski definition) is 5. The van der Waals surface area contributed by atoms with E-state index in [0.29, 0.717) is 22.9 Å². The molecule has 0 radical (unpaired) electrons. The Morgan fingerprint density at radius 3 is 2.24 bits per heavy atom. The Kier molecular flexibility index (Phi) is 5.71. The average molecular weight is 455 g/mol. The van der Waals surface area contributed by atoms with Crippen LogP contribution in [0.5, 0.6) is 11.5 Å². The van der Waals surface area contributed by atoms with Gasteiger partial charge in [-0.3, -0.25) is 9.80 Å². The molecule has 4 rings (SSSR count). The van der Waals surface area contributed by atoms with Gasteiger partial charge >= 0.3 is 6.18 Å². The van der Waals surface area contributed by atoms with Gasteiger partial charge in [-0.25, -0.2) is 9.99 Å². The van der Waals surface area contributed by atoms with Crippen molar-refractivity contribution in [1.82, 2.24) is 9.99 Å². The van der Waals surface area contributed by atoms with Gasteiger partial charge in [0.2, 0.25) is 0 Å². The van der Waals surface area contributed by atoms with Crippen LogP contribution in [-0.2, 0) is 6.18 Å². The number of aromatic nitrogens is 1. The van der Waals surface area contributed by atoms with Gasteiger partial charge in [0, 0.05) is 24.9 Å². The predicted octanol–water partition coefficient (Wildman–Crippen LogP) is 5.12. The third-order valence-corrected chi connectivity index (χ3v) is 5.23. The summed E-state index contributed by atoms with van der Waals surface area (Å²) in [6.45, 7) is 0. The van der Waals surface area contributed by atoms with E-state index in [0.717, 1.165) is 12.1 Å². The molecule has 3 aromatic rings. The molecule has 0 spiro atoms. The van der Waals surface area contributed by atoms with Crippen LogP contribution in [-0.4, -0.2) is 37.2 Å². The Labute approximate surface area is 188 Å². The number of carbonyl (C=O) groups is 1. The van der Waals surface area contributed by atoms with E-state index in [9.17, 15) is 18.0 Å². The topological polar surface area (TPSA) is 54.9 Å². The molecule has 170 valence electrons. The molecule has 0 atom stereocenters. The molecule has 6 nitrogen and oxygen atoms in total. The second-order valence-electron chi connectivity index (χ2n) is 7.26. The summed E-state index contributed by atoms with van der Waals surface area (Å²) < 4.78 is 51.0. The van der Waals surface area contributed by atoms with Crippen molar-refractivity contribution in [2.45, 2.75) is 6.18 Å². The zero-order valence-electron chi connectivity index (χ0n) is 18.1. The number of hydrogen-bond donors (Lipinski definition) is 0. The molecule has 1 aliphatic rings. The van der Waals surface area contributed by atoms with Gasteiger partial charge in [-0.05, 0) is 54.1 Å². The van der Waals surface area contributed by atoms with Gasteiger partial charge in [-0.1, -0.05) is 6.07 Å². The van der Waals surface area contributed by atoms with Crippen molar-refractivity contribution < 1.29 is 27.4 Å². The first-order valence-corrected chi connectivity index (χ1v) is 9.88. The van der Waals surface area contributed by atoms with Gasteiger partial charge in [0.05, 0.1) is 31.0 Å². The summed E-state index contributed by atoms with van der Waals surface area (Å²) in [7, 11) is 4.62. The summed E-state index contributed by atoms with van der Waals surface area (Å²) in [5.41, 5.74) is 0.333. The maximum atomic E-state index is 13.5. The lowest BCUT2D eigenvalue weighted by Gasteiger charge is -2.30. The molecule has 0 fully saturated rings. The lowest BCUT2D eigenvalue weighted by Crippen LogP contribution is -2.39. The van der Waals surface area contributed by atoms with E-state index in [2.05, 4.69) is 4.98 Å². The van der Waals surface area contributed by atoms with Crippen LogP contribution in [0.15, 0.2) is 60.8 Å². The SMILES string of the molecule is COc1cc(C=C2c3cc(C(F)(F)F)ccc3C(=O)N2N(C)c2ccccn2)cc(OC)c1. The van der Waals surface area contributed by atoms with Crippen LogP contribution in [0.25, 0.3) is 11.8 Å². The standard InChI is InChI=1S/C24H20F3N3O3/c1-29(22-6-4-5-9-28-22)30-21(12-15-10-17(32-2)14-18(11-15)33-3)20-13-16(24(25,26)27)7-8-19(20)23(30)31/h4-14H,1-3H3. The molecule has 0 aliphatic carbocycles. The summed E-state index contributed by atoms with van der Waals surface area (Å²) in [6, 6.07) is 13.4. The number of carbonyl (C=O) groups excluding carboxylic acids is 1. The third kappa shape index (κ3) is 4.21. The fourth-order valence-corrected chi connectivity index (χ4v) is 3.61. The molecule has 0 saturated heterocycles. The summed E-state index contributed by atoms with van der Waals surface area (Å²) in [5, 5.41) is 2.80. The third-order valence-electron chi connectivity index (χ3n) is 5.23. The first kappa shape index (κ1) is 22.2. The number of rotatable bonds is 5. The Hall–Kier alpha value is -4.01. The number of pyridine rings is 1. The molecule has 1 aromatic heterocycles. The van der Waals surface area contributed by atoms with Crippen molar-refractivity contribution in [3.05, 3.63) is 83.0 Å². The maximum absolute atomic E-state index is 13.5. The Balaban J connectivity index is 1.92. The molecular formula is C24H20F3N3O3. The van der Waals surface area contributed by atoms with E-state index in [1.807, 2.05) is 0 Å². The minimum absolute atomic E-state index is 0.159. The van der Waals surface area contributed by atoms with Gasteiger partial charge in [0.25, 0.3) is 5.91 Å². The molecule has 0 bridgehead atoms. The molecule has 2 heterocycles. The summed E-state index contributed by atoms with van der Waals surface area (Å²) in [4.78, 5) is 17.6. The average Bonchev–Trinajstić information content (AvgIpc) is 3.09. The van der Waals surface area contributed by atoms with Gasteiger partial charge in [0.1, 0.15) is 17.3 Å². The first-order chi connectivity index (χ1) is 15.7. The molecule has 1 amide bonds. The number of benzene rings is 2. The zero-order chi connectivity index (χ0) is 23.8. The predicted molar refractivity (Wildman–Crippen MR) is 118 cm³/mol. The summed E-state index contributed by atoms with van der Waals surface area (Å²) in [6.07, 6.45) is -1.37. The van der Waals surface area contributed by atoms with Crippen LogP contribution in [0, 0.1) is 0 Å². The minimum Gasteiger partial charge on any atom is -0.497 e.